The van der Waals surface area contributed by atoms with Gasteiger partial charge in [0.25, 0.3) is 0 Å². The molecule has 14 heavy (non-hydrogen) atoms. The summed E-state index contributed by atoms with van der Waals surface area (Å²) in [6, 6.07) is 0. The van der Waals surface area contributed by atoms with E-state index >= 15 is 0 Å². The van der Waals surface area contributed by atoms with Gasteiger partial charge >= 0.3 is 6.09 Å². The molecule has 1 aliphatic heterocycles. The van der Waals surface area contributed by atoms with Gasteiger partial charge in [-0.3, -0.25) is 0 Å². The maximum absolute atomic E-state index is 11.4. The number of amides is 1. The maximum atomic E-state index is 11.4. The van der Waals surface area contributed by atoms with Gasteiger partial charge < -0.3 is 20.3 Å². The van der Waals surface area contributed by atoms with Crippen LogP contribution >= 0.6 is 0 Å². The summed E-state index contributed by atoms with van der Waals surface area (Å²) in [7, 11) is 3.97. The molecule has 1 rings (SSSR count). The highest BCUT2D eigenvalue weighted by Crippen LogP contribution is 2.10. The van der Waals surface area contributed by atoms with Crippen LogP contribution in [-0.2, 0) is 4.74 Å². The van der Waals surface area contributed by atoms with Crippen molar-refractivity contribution in [2.45, 2.75) is 12.5 Å². The Balaban J connectivity index is 2.31. The number of likely N-dealkylation sites (N-methyl/N-ethyl adjacent to an activating group) is 1. The molecule has 0 aliphatic carbocycles. The number of hydrogen-bond donors (Lipinski definition) is 1. The smallest absolute Gasteiger partial charge is 0.410 e. The molecule has 1 heterocycles. The molecule has 5 nitrogen and oxygen atoms in total. The van der Waals surface area contributed by atoms with E-state index in [0.717, 1.165) is 26.1 Å². The van der Waals surface area contributed by atoms with Crippen LogP contribution in [-0.4, -0.2) is 62.3 Å². The maximum Gasteiger partial charge on any atom is 0.410 e. The molecule has 0 spiro atoms. The lowest BCUT2D eigenvalue weighted by molar-refractivity contribution is 0.0275. The minimum absolute atomic E-state index is 0.0851. The lowest BCUT2D eigenvalue weighted by Crippen LogP contribution is -2.46. The number of carbonyl (C=O) groups is 1. The molecule has 0 aromatic carbocycles. The van der Waals surface area contributed by atoms with E-state index in [1.54, 1.807) is 4.90 Å². The van der Waals surface area contributed by atoms with Gasteiger partial charge in [-0.1, -0.05) is 0 Å². The van der Waals surface area contributed by atoms with Crippen molar-refractivity contribution in [2.75, 3.05) is 40.3 Å². The van der Waals surface area contributed by atoms with Crippen molar-refractivity contribution in [2.24, 2.45) is 5.73 Å². The molecule has 1 saturated heterocycles. The molecule has 1 unspecified atom stereocenters. The molecular weight excluding hydrogens is 182 g/mol. The number of hydrogen-bond acceptors (Lipinski definition) is 4. The number of rotatable bonds is 4. The van der Waals surface area contributed by atoms with Crippen molar-refractivity contribution < 1.29 is 9.53 Å². The molecule has 5 heteroatoms. The molecule has 0 bridgehead atoms. The van der Waals surface area contributed by atoms with Gasteiger partial charge in [-0.15, -0.1) is 0 Å². The van der Waals surface area contributed by atoms with Gasteiger partial charge in [-0.2, -0.15) is 0 Å². The van der Waals surface area contributed by atoms with Gasteiger partial charge in [0.1, 0.15) is 6.10 Å². The van der Waals surface area contributed by atoms with Gasteiger partial charge in [-0.25, -0.2) is 4.79 Å². The highest BCUT2D eigenvalue weighted by Gasteiger charge is 2.25. The first-order chi connectivity index (χ1) is 6.63. The Bertz CT molecular complexity index is 196. The highest BCUT2D eigenvalue weighted by molar-refractivity contribution is 5.68. The van der Waals surface area contributed by atoms with Crippen LogP contribution in [0.3, 0.4) is 0 Å². The summed E-state index contributed by atoms with van der Waals surface area (Å²) >= 11 is 0. The molecule has 1 fully saturated rings. The molecule has 1 atom stereocenters. The van der Waals surface area contributed by atoms with E-state index in [1.807, 2.05) is 19.0 Å². The van der Waals surface area contributed by atoms with Gasteiger partial charge in [0.15, 0.2) is 0 Å². The minimum Gasteiger partial charge on any atom is -0.445 e. The van der Waals surface area contributed by atoms with Crippen LogP contribution in [0.4, 0.5) is 4.79 Å². The summed E-state index contributed by atoms with van der Waals surface area (Å²) in [5.41, 5.74) is 5.43. The molecule has 0 saturated carbocycles. The zero-order valence-corrected chi connectivity index (χ0v) is 8.90. The van der Waals surface area contributed by atoms with Crippen LogP contribution in [0.1, 0.15) is 6.42 Å². The Labute approximate surface area is 84.8 Å². The van der Waals surface area contributed by atoms with Crippen molar-refractivity contribution in [3.63, 3.8) is 0 Å². The molecular formula is C9H19N3O2. The third-order valence-corrected chi connectivity index (χ3v) is 2.33. The van der Waals surface area contributed by atoms with Gasteiger partial charge in [-0.05, 0) is 14.1 Å². The Morgan fingerprint density at radius 1 is 1.64 bits per heavy atom. The molecule has 1 aliphatic rings. The summed E-state index contributed by atoms with van der Waals surface area (Å²) in [6.45, 7) is 2.77. The number of carbonyl (C=O) groups excluding carboxylic acids is 1. The summed E-state index contributed by atoms with van der Waals surface area (Å²) in [6.07, 6.45) is 0.530. The number of cyclic esters (lactones) is 1. The van der Waals surface area contributed by atoms with Gasteiger partial charge in [0, 0.05) is 32.6 Å². The number of nitrogens with two attached hydrogens (primary N) is 1. The van der Waals surface area contributed by atoms with Crippen molar-refractivity contribution in [3.8, 4) is 0 Å². The zero-order chi connectivity index (χ0) is 10.6. The van der Waals surface area contributed by atoms with Crippen LogP contribution in [0, 0.1) is 0 Å². The van der Waals surface area contributed by atoms with E-state index in [0.29, 0.717) is 6.54 Å². The lowest BCUT2D eigenvalue weighted by Gasteiger charge is -2.31. The Kier molecular flexibility index (Phi) is 4.16. The third kappa shape index (κ3) is 3.16. The summed E-state index contributed by atoms with van der Waals surface area (Å²) < 4.78 is 5.12. The highest BCUT2D eigenvalue weighted by atomic mass is 16.6. The second kappa shape index (κ2) is 5.17. The summed E-state index contributed by atoms with van der Waals surface area (Å²) in [4.78, 5) is 15.2. The van der Waals surface area contributed by atoms with Gasteiger partial charge in [0.2, 0.25) is 0 Å². The van der Waals surface area contributed by atoms with E-state index in [4.69, 9.17) is 10.5 Å². The van der Waals surface area contributed by atoms with Crippen molar-refractivity contribution >= 4 is 6.09 Å². The summed E-state index contributed by atoms with van der Waals surface area (Å²) in [5, 5.41) is 0. The molecule has 0 aromatic heterocycles. The largest absolute Gasteiger partial charge is 0.445 e. The normalized spacial score (nSPS) is 22.7. The topological polar surface area (TPSA) is 58.8 Å². The minimum atomic E-state index is -0.228. The number of nitrogens with zero attached hydrogens (tertiary/aromatic N) is 2. The predicted octanol–water partition coefficient (Wildman–Crippen LogP) is -0.282. The molecule has 2 N–H and O–H groups in total. The van der Waals surface area contributed by atoms with E-state index in [1.165, 1.54) is 0 Å². The average Bonchev–Trinajstić information content (AvgIpc) is 2.15. The number of ether oxygens (including phenoxy) is 1. The van der Waals surface area contributed by atoms with Crippen LogP contribution in [0.5, 0.6) is 0 Å². The first-order valence-electron chi connectivity index (χ1n) is 4.94. The standard InChI is InChI=1S/C9H19N3O2/c1-11(2)5-6-12-4-3-8(7-10)14-9(12)13/h8H,3-7,10H2,1-2H3. The predicted molar refractivity (Wildman–Crippen MR) is 54.1 cm³/mol. The fraction of sp³-hybridized carbons (Fsp3) is 0.889. The van der Waals surface area contributed by atoms with Crippen LogP contribution in [0.2, 0.25) is 0 Å². The Morgan fingerprint density at radius 3 is 2.86 bits per heavy atom. The second-order valence-corrected chi connectivity index (χ2v) is 3.82. The van der Waals surface area contributed by atoms with Crippen LogP contribution in [0.25, 0.3) is 0 Å². The monoisotopic (exact) mass is 201 g/mol. The molecule has 0 radical (unpaired) electrons. The molecule has 1 amide bonds. The molecule has 82 valence electrons. The van der Waals surface area contributed by atoms with E-state index in [9.17, 15) is 4.79 Å². The fourth-order valence-corrected chi connectivity index (χ4v) is 1.36. The van der Waals surface area contributed by atoms with E-state index < -0.39 is 0 Å². The van der Waals surface area contributed by atoms with Gasteiger partial charge in [0.05, 0.1) is 0 Å². The summed E-state index contributed by atoms with van der Waals surface area (Å²) in [5.74, 6) is 0. The van der Waals surface area contributed by atoms with Crippen molar-refractivity contribution in [3.05, 3.63) is 0 Å². The van der Waals surface area contributed by atoms with Crippen LogP contribution < -0.4 is 5.73 Å². The first-order valence-corrected chi connectivity index (χ1v) is 4.94. The quantitative estimate of drug-likeness (QED) is 0.679. The van der Waals surface area contributed by atoms with E-state index in [-0.39, 0.29) is 12.2 Å². The van der Waals surface area contributed by atoms with Crippen LogP contribution in [0.15, 0.2) is 0 Å². The molecule has 0 aromatic rings. The van der Waals surface area contributed by atoms with Crippen molar-refractivity contribution in [1.29, 1.82) is 0 Å². The van der Waals surface area contributed by atoms with Crippen molar-refractivity contribution in [1.82, 2.24) is 9.80 Å². The SMILES string of the molecule is CN(C)CCN1CCC(CN)OC1=O. The second-order valence-electron chi connectivity index (χ2n) is 3.82. The Morgan fingerprint density at radius 2 is 2.36 bits per heavy atom. The van der Waals surface area contributed by atoms with E-state index in [2.05, 4.69) is 0 Å². The zero-order valence-electron chi connectivity index (χ0n) is 8.90. The third-order valence-electron chi connectivity index (χ3n) is 2.33. The lowest BCUT2D eigenvalue weighted by atomic mass is 10.2. The average molecular weight is 201 g/mol. The first kappa shape index (κ1) is 11.3. The fourth-order valence-electron chi connectivity index (χ4n) is 1.36. The Hall–Kier alpha value is -0.810.